The van der Waals surface area contributed by atoms with Crippen LogP contribution in [0.3, 0.4) is 0 Å². The van der Waals surface area contributed by atoms with Gasteiger partial charge in [-0.3, -0.25) is 5.32 Å². The molecule has 0 aromatic heterocycles. The fourth-order valence-electron chi connectivity index (χ4n) is 2.02. The third-order valence-corrected chi connectivity index (χ3v) is 2.89. The third-order valence-electron chi connectivity index (χ3n) is 2.89. The lowest BCUT2D eigenvalue weighted by Gasteiger charge is -2.28. The van der Waals surface area contributed by atoms with Crippen LogP contribution in [-0.2, 0) is 9.47 Å². The Kier molecular flexibility index (Phi) is 4.76. The van der Waals surface area contributed by atoms with Gasteiger partial charge >= 0.3 is 6.09 Å². The molecule has 0 spiro atoms. The average Bonchev–Trinajstić information content (AvgIpc) is 2.36. The number of ether oxygens (including phenoxy) is 2. The van der Waals surface area contributed by atoms with E-state index in [2.05, 4.69) is 10.6 Å². The van der Waals surface area contributed by atoms with Gasteiger partial charge in [0.05, 0.1) is 6.10 Å². The van der Waals surface area contributed by atoms with E-state index >= 15 is 0 Å². The highest BCUT2D eigenvalue weighted by Gasteiger charge is 2.20. The van der Waals surface area contributed by atoms with Crippen molar-refractivity contribution in [3.63, 3.8) is 0 Å². The van der Waals surface area contributed by atoms with Crippen molar-refractivity contribution in [2.75, 3.05) is 25.0 Å². The molecule has 5 nitrogen and oxygen atoms in total. The molecule has 19 heavy (non-hydrogen) atoms. The van der Waals surface area contributed by atoms with Gasteiger partial charge in [-0.25, -0.2) is 4.79 Å². The minimum Gasteiger partial charge on any atom is -0.446 e. The molecule has 0 saturated carbocycles. The van der Waals surface area contributed by atoms with Crippen molar-refractivity contribution in [2.45, 2.75) is 26.1 Å². The number of carbonyl (C=O) groups excluding carboxylic acids is 1. The zero-order valence-electron chi connectivity index (χ0n) is 11.3. The Hall–Kier alpha value is -1.59. The number of aryl methyl sites for hydroxylation is 1. The van der Waals surface area contributed by atoms with Crippen LogP contribution in [0, 0.1) is 6.92 Å². The second kappa shape index (κ2) is 6.54. The molecule has 1 aliphatic rings. The number of hydrogen-bond acceptors (Lipinski definition) is 4. The van der Waals surface area contributed by atoms with Gasteiger partial charge in [0.1, 0.15) is 12.7 Å². The molecule has 5 heteroatoms. The van der Waals surface area contributed by atoms with Crippen molar-refractivity contribution in [3.05, 3.63) is 29.8 Å². The van der Waals surface area contributed by atoms with Crippen LogP contribution in [0.1, 0.15) is 12.5 Å². The van der Waals surface area contributed by atoms with Crippen LogP contribution in [0.15, 0.2) is 24.3 Å². The van der Waals surface area contributed by atoms with Crippen LogP contribution in [-0.4, -0.2) is 38.0 Å². The summed E-state index contributed by atoms with van der Waals surface area (Å²) in [5.74, 6) is 0. The van der Waals surface area contributed by atoms with Crippen molar-refractivity contribution in [1.82, 2.24) is 5.32 Å². The number of amides is 1. The summed E-state index contributed by atoms with van der Waals surface area (Å²) in [4.78, 5) is 11.6. The van der Waals surface area contributed by atoms with E-state index in [9.17, 15) is 4.79 Å². The summed E-state index contributed by atoms with van der Waals surface area (Å²) in [6.45, 7) is 5.77. The number of nitrogens with one attached hydrogen (secondary N) is 2. The smallest absolute Gasteiger partial charge is 0.411 e. The van der Waals surface area contributed by atoms with Crippen molar-refractivity contribution < 1.29 is 14.3 Å². The number of rotatable bonds is 3. The normalized spacial score (nSPS) is 22.8. The molecule has 1 heterocycles. The van der Waals surface area contributed by atoms with Crippen LogP contribution in [0.5, 0.6) is 0 Å². The quantitative estimate of drug-likeness (QED) is 0.875. The van der Waals surface area contributed by atoms with Crippen LogP contribution in [0.2, 0.25) is 0 Å². The molecule has 1 saturated heterocycles. The summed E-state index contributed by atoms with van der Waals surface area (Å²) >= 11 is 0. The minimum atomic E-state index is -0.451. The third kappa shape index (κ3) is 4.54. The maximum absolute atomic E-state index is 11.6. The van der Waals surface area contributed by atoms with E-state index in [1.807, 2.05) is 38.1 Å². The largest absolute Gasteiger partial charge is 0.446 e. The second-order valence-electron chi connectivity index (χ2n) is 4.82. The molecular formula is C14H20N2O3. The van der Waals surface area contributed by atoms with Gasteiger partial charge in [0.2, 0.25) is 0 Å². The number of morpholine rings is 1. The molecular weight excluding hydrogens is 244 g/mol. The summed E-state index contributed by atoms with van der Waals surface area (Å²) in [6.07, 6.45) is -0.373. The molecule has 1 aromatic carbocycles. The van der Waals surface area contributed by atoms with E-state index in [4.69, 9.17) is 9.47 Å². The van der Waals surface area contributed by atoms with Gasteiger partial charge < -0.3 is 14.8 Å². The number of carbonyl (C=O) groups is 1. The lowest BCUT2D eigenvalue weighted by Crippen LogP contribution is -2.45. The highest BCUT2D eigenvalue weighted by molar-refractivity contribution is 5.84. The molecule has 2 rings (SSSR count). The Bertz CT molecular complexity index is 436. The minimum absolute atomic E-state index is 0.0768. The molecule has 1 aromatic rings. The first-order chi connectivity index (χ1) is 9.13. The molecule has 2 atom stereocenters. The second-order valence-corrected chi connectivity index (χ2v) is 4.82. The Morgan fingerprint density at radius 1 is 1.53 bits per heavy atom. The Labute approximate surface area is 113 Å². The summed E-state index contributed by atoms with van der Waals surface area (Å²) in [6, 6.07) is 7.58. The van der Waals surface area contributed by atoms with Crippen molar-refractivity contribution in [2.24, 2.45) is 0 Å². The van der Waals surface area contributed by atoms with Gasteiger partial charge in [-0.05, 0) is 31.5 Å². The molecule has 1 amide bonds. The zero-order valence-corrected chi connectivity index (χ0v) is 11.3. The fourth-order valence-corrected chi connectivity index (χ4v) is 2.02. The van der Waals surface area contributed by atoms with Crippen LogP contribution >= 0.6 is 0 Å². The highest BCUT2D eigenvalue weighted by Crippen LogP contribution is 2.10. The Morgan fingerprint density at radius 2 is 2.37 bits per heavy atom. The standard InChI is InChI=1S/C14H20N2O3/c1-10-4-3-5-12(6-10)16-14(17)18-9-13-8-15-7-11(2)19-13/h3-6,11,13,15H,7-9H2,1-2H3,(H,16,17). The summed E-state index contributed by atoms with van der Waals surface area (Å²) in [5.41, 5.74) is 1.83. The lowest BCUT2D eigenvalue weighted by atomic mass is 10.2. The van der Waals surface area contributed by atoms with Gasteiger partial charge in [-0.15, -0.1) is 0 Å². The molecule has 0 bridgehead atoms. The number of hydrogen-bond donors (Lipinski definition) is 2. The van der Waals surface area contributed by atoms with E-state index in [-0.39, 0.29) is 18.8 Å². The number of benzene rings is 1. The van der Waals surface area contributed by atoms with Crippen LogP contribution in [0.4, 0.5) is 10.5 Å². The average molecular weight is 264 g/mol. The first kappa shape index (κ1) is 13.8. The SMILES string of the molecule is Cc1cccc(NC(=O)OCC2CNCC(C)O2)c1. The zero-order chi connectivity index (χ0) is 13.7. The molecule has 1 fully saturated rings. The maximum atomic E-state index is 11.6. The van der Waals surface area contributed by atoms with Gasteiger partial charge in [-0.2, -0.15) is 0 Å². The summed E-state index contributed by atoms with van der Waals surface area (Å²) < 4.78 is 10.8. The highest BCUT2D eigenvalue weighted by atomic mass is 16.6. The van der Waals surface area contributed by atoms with E-state index in [0.717, 1.165) is 17.8 Å². The first-order valence-corrected chi connectivity index (χ1v) is 6.50. The van der Waals surface area contributed by atoms with Gasteiger partial charge in [0.15, 0.2) is 0 Å². The van der Waals surface area contributed by atoms with Crippen LogP contribution < -0.4 is 10.6 Å². The van der Waals surface area contributed by atoms with E-state index < -0.39 is 6.09 Å². The maximum Gasteiger partial charge on any atom is 0.411 e. The van der Waals surface area contributed by atoms with Gasteiger partial charge in [-0.1, -0.05) is 12.1 Å². The molecule has 1 aliphatic heterocycles. The molecule has 104 valence electrons. The molecule has 0 aliphatic carbocycles. The van der Waals surface area contributed by atoms with Gasteiger partial charge in [0.25, 0.3) is 0 Å². The molecule has 2 unspecified atom stereocenters. The number of anilines is 1. The van der Waals surface area contributed by atoms with E-state index in [0.29, 0.717) is 6.54 Å². The fraction of sp³-hybridized carbons (Fsp3) is 0.500. The molecule has 0 radical (unpaired) electrons. The predicted molar refractivity (Wildman–Crippen MR) is 73.4 cm³/mol. The Morgan fingerprint density at radius 3 is 3.11 bits per heavy atom. The van der Waals surface area contributed by atoms with Crippen molar-refractivity contribution >= 4 is 11.8 Å². The first-order valence-electron chi connectivity index (χ1n) is 6.50. The topological polar surface area (TPSA) is 59.6 Å². The predicted octanol–water partition coefficient (Wildman–Crippen LogP) is 1.92. The van der Waals surface area contributed by atoms with E-state index in [1.54, 1.807) is 0 Å². The van der Waals surface area contributed by atoms with Crippen molar-refractivity contribution in [3.8, 4) is 0 Å². The van der Waals surface area contributed by atoms with Gasteiger partial charge in [0, 0.05) is 18.8 Å². The summed E-state index contributed by atoms with van der Waals surface area (Å²) in [5, 5.41) is 5.93. The van der Waals surface area contributed by atoms with Crippen molar-refractivity contribution in [1.29, 1.82) is 0 Å². The van der Waals surface area contributed by atoms with Crippen LogP contribution in [0.25, 0.3) is 0 Å². The lowest BCUT2D eigenvalue weighted by molar-refractivity contribution is -0.0533. The monoisotopic (exact) mass is 264 g/mol. The Balaban J connectivity index is 1.75. The van der Waals surface area contributed by atoms with E-state index in [1.165, 1.54) is 0 Å². The molecule has 2 N–H and O–H groups in total. The summed E-state index contributed by atoms with van der Waals surface area (Å²) in [7, 11) is 0.